The van der Waals surface area contributed by atoms with E-state index >= 15 is 0 Å². The van der Waals surface area contributed by atoms with E-state index in [4.69, 9.17) is 4.74 Å². The lowest BCUT2D eigenvalue weighted by molar-refractivity contribution is 0.117. The number of unbranched alkanes of at least 4 members (excludes halogenated alkanes) is 2. The van der Waals surface area contributed by atoms with Crippen molar-refractivity contribution in [1.82, 2.24) is 0 Å². The Morgan fingerprint density at radius 3 is 2.10 bits per heavy atom. The normalized spacial score (nSPS) is 28.1. The van der Waals surface area contributed by atoms with Crippen LogP contribution in [0.1, 0.15) is 108 Å². The molecule has 0 radical (unpaired) electrons. The highest BCUT2D eigenvalue weighted by atomic mass is 16.5. The van der Waals surface area contributed by atoms with Gasteiger partial charge >= 0.3 is 0 Å². The molecule has 2 saturated carbocycles. The molecule has 0 saturated heterocycles. The maximum Gasteiger partial charge on any atom is 0.0716 e. The van der Waals surface area contributed by atoms with Gasteiger partial charge in [0.15, 0.2) is 0 Å². The van der Waals surface area contributed by atoms with Gasteiger partial charge in [0, 0.05) is 6.61 Å². The summed E-state index contributed by atoms with van der Waals surface area (Å²) in [6.07, 6.45) is 21.3. The first-order chi connectivity index (χ1) is 14.3. The maximum absolute atomic E-state index is 5.81. The number of hydrogen-bond acceptors (Lipinski definition) is 1. The van der Waals surface area contributed by atoms with Gasteiger partial charge in [0.05, 0.1) is 6.61 Å². The molecule has 0 aromatic heterocycles. The van der Waals surface area contributed by atoms with E-state index in [0.717, 1.165) is 36.9 Å². The monoisotopic (exact) mass is 396 g/mol. The fourth-order valence-electron chi connectivity index (χ4n) is 5.59. The Morgan fingerprint density at radius 2 is 1.48 bits per heavy atom. The lowest BCUT2D eigenvalue weighted by Gasteiger charge is -2.37. The van der Waals surface area contributed by atoms with E-state index in [1.165, 1.54) is 82.6 Å². The van der Waals surface area contributed by atoms with Gasteiger partial charge in [-0.1, -0.05) is 63.1 Å². The summed E-state index contributed by atoms with van der Waals surface area (Å²) in [5.41, 5.74) is 2.89. The second-order valence-corrected chi connectivity index (χ2v) is 9.62. The molecule has 1 aromatic carbocycles. The highest BCUT2D eigenvalue weighted by molar-refractivity contribution is 5.25. The topological polar surface area (TPSA) is 9.23 Å². The van der Waals surface area contributed by atoms with Gasteiger partial charge in [-0.15, -0.1) is 0 Å². The van der Waals surface area contributed by atoms with Gasteiger partial charge in [-0.2, -0.15) is 0 Å². The van der Waals surface area contributed by atoms with Crippen LogP contribution >= 0.6 is 0 Å². The molecule has 1 heteroatoms. The van der Waals surface area contributed by atoms with Crippen molar-refractivity contribution in [3.8, 4) is 0 Å². The molecule has 2 aliphatic carbocycles. The van der Waals surface area contributed by atoms with Crippen molar-refractivity contribution in [1.29, 1.82) is 0 Å². The van der Waals surface area contributed by atoms with Crippen molar-refractivity contribution in [2.75, 3.05) is 6.61 Å². The minimum absolute atomic E-state index is 0.771. The number of hydrogen-bond donors (Lipinski definition) is 0. The Morgan fingerprint density at radius 1 is 0.828 bits per heavy atom. The number of ether oxygens (including phenoxy) is 1. The number of rotatable bonds is 10. The second-order valence-electron chi connectivity index (χ2n) is 9.62. The molecule has 2 fully saturated rings. The molecule has 0 heterocycles. The molecular weight excluding hydrogens is 352 g/mol. The zero-order chi connectivity index (χ0) is 20.3. The molecular formula is C28H44O. The second kappa shape index (κ2) is 12.6. The van der Waals surface area contributed by atoms with Crippen molar-refractivity contribution in [2.45, 2.75) is 103 Å². The molecule has 0 N–H and O–H groups in total. The number of benzene rings is 1. The van der Waals surface area contributed by atoms with Crippen molar-refractivity contribution in [2.24, 2.45) is 17.8 Å². The summed E-state index contributed by atoms with van der Waals surface area (Å²) in [4.78, 5) is 0. The predicted octanol–water partition coefficient (Wildman–Crippen LogP) is 8.44. The fourth-order valence-corrected chi connectivity index (χ4v) is 5.59. The van der Waals surface area contributed by atoms with E-state index in [1.54, 1.807) is 5.56 Å². The molecule has 0 bridgehead atoms. The van der Waals surface area contributed by atoms with E-state index in [0.29, 0.717) is 0 Å². The summed E-state index contributed by atoms with van der Waals surface area (Å²) in [5, 5.41) is 0. The molecule has 0 amide bonds. The molecule has 0 unspecified atom stereocenters. The molecule has 0 aliphatic heterocycles. The first-order valence-corrected chi connectivity index (χ1v) is 12.6. The van der Waals surface area contributed by atoms with Crippen LogP contribution < -0.4 is 0 Å². The van der Waals surface area contributed by atoms with Gasteiger partial charge in [-0.25, -0.2) is 0 Å². The minimum Gasteiger partial charge on any atom is -0.377 e. The smallest absolute Gasteiger partial charge is 0.0716 e. The Labute approximate surface area is 180 Å². The third-order valence-electron chi connectivity index (χ3n) is 7.51. The van der Waals surface area contributed by atoms with Crippen molar-refractivity contribution < 1.29 is 4.74 Å². The van der Waals surface area contributed by atoms with Crippen LogP contribution in [0, 0.1) is 17.8 Å². The summed E-state index contributed by atoms with van der Waals surface area (Å²) in [5.74, 6) is 3.67. The van der Waals surface area contributed by atoms with Gasteiger partial charge in [0.25, 0.3) is 0 Å². The predicted molar refractivity (Wildman–Crippen MR) is 125 cm³/mol. The molecule has 1 nitrogen and oxygen atoms in total. The van der Waals surface area contributed by atoms with Crippen LogP contribution in [0.2, 0.25) is 0 Å². The van der Waals surface area contributed by atoms with Crippen LogP contribution in [0.4, 0.5) is 0 Å². The quantitative estimate of drug-likeness (QED) is 0.285. The molecule has 3 rings (SSSR count). The largest absolute Gasteiger partial charge is 0.377 e. The van der Waals surface area contributed by atoms with E-state index in [9.17, 15) is 0 Å². The third kappa shape index (κ3) is 7.28. The van der Waals surface area contributed by atoms with E-state index < -0.39 is 0 Å². The molecule has 162 valence electrons. The van der Waals surface area contributed by atoms with Crippen LogP contribution in [0.5, 0.6) is 0 Å². The summed E-state index contributed by atoms with van der Waals surface area (Å²) in [7, 11) is 0. The zero-order valence-electron chi connectivity index (χ0n) is 19.1. The SMILES string of the molecule is CCC=CC1CCC(C2CCC(c3ccc(COCCCCC)cc3)CC2)CC1. The third-order valence-corrected chi connectivity index (χ3v) is 7.51. The van der Waals surface area contributed by atoms with Crippen LogP contribution in [0.25, 0.3) is 0 Å². The van der Waals surface area contributed by atoms with Gasteiger partial charge in [-0.3, -0.25) is 0 Å². The average Bonchev–Trinajstić information content (AvgIpc) is 2.78. The standard InChI is InChI=1S/C28H44O/c1-3-5-7-21-29-22-24-11-15-26(16-12-24)28-19-17-27(18-20-28)25-13-9-23(10-14-25)8-6-4-2/h6,8,11-12,15-16,23,25,27-28H,3-5,7,9-10,13-14,17-22H2,1-2H3. The molecule has 0 spiro atoms. The number of allylic oxidation sites excluding steroid dienone is 2. The van der Waals surface area contributed by atoms with Gasteiger partial charge < -0.3 is 4.74 Å². The molecule has 1 aromatic rings. The van der Waals surface area contributed by atoms with Crippen LogP contribution in [0.3, 0.4) is 0 Å². The highest BCUT2D eigenvalue weighted by Crippen LogP contribution is 2.44. The molecule has 0 atom stereocenters. The fraction of sp³-hybridized carbons (Fsp3) is 0.714. The van der Waals surface area contributed by atoms with Crippen LogP contribution in [0.15, 0.2) is 36.4 Å². The van der Waals surface area contributed by atoms with Crippen molar-refractivity contribution in [3.05, 3.63) is 47.5 Å². The lowest BCUT2D eigenvalue weighted by Crippen LogP contribution is -2.25. The summed E-state index contributed by atoms with van der Waals surface area (Å²) < 4.78 is 5.81. The summed E-state index contributed by atoms with van der Waals surface area (Å²) >= 11 is 0. The zero-order valence-corrected chi connectivity index (χ0v) is 19.1. The Balaban J connectivity index is 1.37. The molecule has 29 heavy (non-hydrogen) atoms. The minimum atomic E-state index is 0.771. The average molecular weight is 397 g/mol. The Hall–Kier alpha value is -1.08. The van der Waals surface area contributed by atoms with Gasteiger partial charge in [0.1, 0.15) is 0 Å². The van der Waals surface area contributed by atoms with Gasteiger partial charge in [-0.05, 0) is 99.0 Å². The first-order valence-electron chi connectivity index (χ1n) is 12.6. The van der Waals surface area contributed by atoms with E-state index in [-0.39, 0.29) is 0 Å². The summed E-state index contributed by atoms with van der Waals surface area (Å²) in [6.45, 7) is 6.16. The first kappa shape index (κ1) is 22.6. The van der Waals surface area contributed by atoms with Crippen LogP contribution in [-0.2, 0) is 11.3 Å². The Bertz CT molecular complexity index is 571. The van der Waals surface area contributed by atoms with Crippen molar-refractivity contribution >= 4 is 0 Å². The maximum atomic E-state index is 5.81. The Kier molecular flexibility index (Phi) is 9.80. The van der Waals surface area contributed by atoms with E-state index in [1.807, 2.05) is 0 Å². The van der Waals surface area contributed by atoms with Crippen LogP contribution in [-0.4, -0.2) is 6.61 Å². The highest BCUT2D eigenvalue weighted by Gasteiger charge is 2.30. The lowest BCUT2D eigenvalue weighted by atomic mass is 9.68. The van der Waals surface area contributed by atoms with E-state index in [2.05, 4.69) is 50.3 Å². The van der Waals surface area contributed by atoms with Crippen molar-refractivity contribution in [3.63, 3.8) is 0 Å². The summed E-state index contributed by atoms with van der Waals surface area (Å²) in [6, 6.07) is 9.35. The molecule has 2 aliphatic rings. The van der Waals surface area contributed by atoms with Gasteiger partial charge in [0.2, 0.25) is 0 Å².